The molecule has 2 aliphatic heterocycles. The number of rotatable bonds is 5. The molecule has 160 valence electrons. The summed E-state index contributed by atoms with van der Waals surface area (Å²) in [6.45, 7) is 3.43. The van der Waals surface area contributed by atoms with Crippen molar-refractivity contribution in [1.82, 2.24) is 15.1 Å². The van der Waals surface area contributed by atoms with Gasteiger partial charge in [-0.05, 0) is 50.3 Å². The fourth-order valence-electron chi connectivity index (χ4n) is 3.84. The molecule has 0 radical (unpaired) electrons. The number of hydrogen-bond acceptors (Lipinski definition) is 5. The average Bonchev–Trinajstić information content (AvgIpc) is 3.45. The van der Waals surface area contributed by atoms with Gasteiger partial charge >= 0.3 is 6.03 Å². The Morgan fingerprint density at radius 2 is 2.03 bits per heavy atom. The molecule has 2 saturated heterocycles. The van der Waals surface area contributed by atoms with E-state index in [-0.39, 0.29) is 30.3 Å². The summed E-state index contributed by atoms with van der Waals surface area (Å²) in [4.78, 5) is 45.7. The number of carbonyl (C=O) groups is 3. The van der Waals surface area contributed by atoms with Crippen molar-refractivity contribution in [3.8, 4) is 0 Å². The molecule has 4 rings (SSSR count). The van der Waals surface area contributed by atoms with E-state index in [9.17, 15) is 14.4 Å². The predicted octanol–water partition coefficient (Wildman–Crippen LogP) is 4.06. The van der Waals surface area contributed by atoms with Gasteiger partial charge in [-0.2, -0.15) is 0 Å². The van der Waals surface area contributed by atoms with Gasteiger partial charge in [0.15, 0.2) is 5.17 Å². The molecule has 3 aliphatic rings. The van der Waals surface area contributed by atoms with Crippen LogP contribution in [0.1, 0.15) is 33.1 Å². The number of amidine groups is 1. The molecule has 1 aromatic rings. The molecule has 1 aromatic carbocycles. The van der Waals surface area contributed by atoms with Crippen molar-refractivity contribution in [2.45, 2.75) is 44.7 Å². The van der Waals surface area contributed by atoms with Gasteiger partial charge < -0.3 is 5.32 Å². The zero-order chi connectivity index (χ0) is 21.6. The van der Waals surface area contributed by atoms with Gasteiger partial charge in [-0.15, -0.1) is 0 Å². The van der Waals surface area contributed by atoms with Crippen molar-refractivity contribution in [1.29, 1.82) is 0 Å². The fraction of sp³-hybridized carbons (Fsp3) is 0.500. The van der Waals surface area contributed by atoms with Crippen molar-refractivity contribution in [2.75, 3.05) is 12.3 Å². The third kappa shape index (κ3) is 3.81. The summed E-state index contributed by atoms with van der Waals surface area (Å²) in [5.41, 5.74) is -0.323. The minimum absolute atomic E-state index is 0.0559. The molecule has 0 spiro atoms. The molecule has 0 bridgehead atoms. The number of thioether (sulfide) groups is 1. The monoisotopic (exact) mass is 468 g/mol. The third-order valence-corrected chi connectivity index (χ3v) is 7.67. The van der Waals surface area contributed by atoms with Gasteiger partial charge in [0.05, 0.1) is 15.7 Å². The zero-order valence-corrected chi connectivity index (χ0v) is 19.0. The molecule has 4 amide bonds. The van der Waals surface area contributed by atoms with Gasteiger partial charge in [0.2, 0.25) is 5.91 Å². The minimum atomic E-state index is -0.905. The summed E-state index contributed by atoms with van der Waals surface area (Å²) in [6.07, 6.45) is 2.55. The lowest BCUT2D eigenvalue weighted by Gasteiger charge is -2.25. The molecule has 30 heavy (non-hydrogen) atoms. The Morgan fingerprint density at radius 3 is 2.67 bits per heavy atom. The van der Waals surface area contributed by atoms with E-state index in [2.05, 4.69) is 10.3 Å². The number of imide groups is 1. The average molecular weight is 469 g/mol. The quantitative estimate of drug-likeness (QED) is 0.660. The van der Waals surface area contributed by atoms with Crippen LogP contribution in [0.4, 0.5) is 10.5 Å². The van der Waals surface area contributed by atoms with Crippen LogP contribution in [0.25, 0.3) is 0 Å². The molecule has 1 aliphatic carbocycles. The highest BCUT2D eigenvalue weighted by Gasteiger charge is 2.56. The van der Waals surface area contributed by atoms with Crippen LogP contribution in [-0.4, -0.2) is 56.7 Å². The van der Waals surface area contributed by atoms with Gasteiger partial charge in [-0.25, -0.2) is 9.79 Å². The lowest BCUT2D eigenvalue weighted by atomic mass is 9.96. The highest BCUT2D eigenvalue weighted by Crippen LogP contribution is 2.42. The molecule has 0 aromatic heterocycles. The minimum Gasteiger partial charge on any atom is -0.323 e. The Hall–Kier alpha value is -1.77. The van der Waals surface area contributed by atoms with Gasteiger partial charge in [0, 0.05) is 11.8 Å². The Labute approximate surface area is 189 Å². The first-order valence-corrected chi connectivity index (χ1v) is 11.6. The smallest absolute Gasteiger partial charge is 0.323 e. The van der Waals surface area contributed by atoms with Crippen molar-refractivity contribution in [2.24, 2.45) is 10.9 Å². The third-order valence-electron chi connectivity index (χ3n) is 5.83. The van der Waals surface area contributed by atoms with E-state index in [1.807, 2.05) is 6.92 Å². The highest BCUT2D eigenvalue weighted by atomic mass is 35.5. The molecule has 1 saturated carbocycles. The lowest BCUT2D eigenvalue weighted by Crippen LogP contribution is -2.48. The normalized spacial score (nSPS) is 27.9. The van der Waals surface area contributed by atoms with E-state index in [1.165, 1.54) is 11.8 Å². The van der Waals surface area contributed by atoms with Crippen LogP contribution in [0.2, 0.25) is 10.0 Å². The van der Waals surface area contributed by atoms with Crippen molar-refractivity contribution in [3.05, 3.63) is 28.2 Å². The number of amides is 4. The van der Waals surface area contributed by atoms with E-state index in [1.54, 1.807) is 30.0 Å². The number of nitrogens with zero attached hydrogens (tertiary/aromatic N) is 3. The summed E-state index contributed by atoms with van der Waals surface area (Å²) in [6, 6.07) is 4.45. The van der Waals surface area contributed by atoms with Gasteiger partial charge in [0.25, 0.3) is 5.91 Å². The first-order chi connectivity index (χ1) is 14.2. The second-order valence-electron chi connectivity index (χ2n) is 7.93. The highest BCUT2D eigenvalue weighted by molar-refractivity contribution is 8.14. The first-order valence-electron chi connectivity index (χ1n) is 9.87. The Balaban J connectivity index is 1.56. The van der Waals surface area contributed by atoms with Gasteiger partial charge in [-0.3, -0.25) is 19.4 Å². The standard InChI is InChI=1S/C20H22Cl2N4O3S/c1-3-13-10-30-19(23-12-6-7-14(21)15(22)8-12)26(13)16(27)9-25-17(28)20(2,11-4-5-11)24-18(25)29/h6-8,11,13H,3-5,9-10H2,1-2H3,(H,24,29). The van der Waals surface area contributed by atoms with Crippen molar-refractivity contribution in [3.63, 3.8) is 0 Å². The maximum absolute atomic E-state index is 13.2. The van der Waals surface area contributed by atoms with Crippen LogP contribution in [-0.2, 0) is 9.59 Å². The van der Waals surface area contributed by atoms with Crippen LogP contribution >= 0.6 is 35.0 Å². The first kappa shape index (κ1) is 21.5. The molecule has 1 N–H and O–H groups in total. The number of hydrogen-bond donors (Lipinski definition) is 1. The molecule has 2 heterocycles. The number of urea groups is 1. The van der Waals surface area contributed by atoms with Crippen LogP contribution in [0.15, 0.2) is 23.2 Å². The SMILES string of the molecule is CCC1CSC(=Nc2ccc(Cl)c(Cl)c2)N1C(=O)CN1C(=O)NC(C)(C2CC2)C1=O. The van der Waals surface area contributed by atoms with E-state index >= 15 is 0 Å². The number of benzene rings is 1. The molecule has 2 unspecified atom stereocenters. The maximum Gasteiger partial charge on any atom is 0.325 e. The number of aliphatic imine (C=N–C) groups is 1. The molecule has 2 atom stereocenters. The lowest BCUT2D eigenvalue weighted by molar-refractivity contribution is -0.137. The summed E-state index contributed by atoms with van der Waals surface area (Å²) in [5, 5.41) is 4.12. The summed E-state index contributed by atoms with van der Waals surface area (Å²) < 4.78 is 0. The largest absolute Gasteiger partial charge is 0.325 e. The van der Waals surface area contributed by atoms with E-state index < -0.39 is 11.6 Å². The van der Waals surface area contributed by atoms with Crippen molar-refractivity contribution < 1.29 is 14.4 Å². The summed E-state index contributed by atoms with van der Waals surface area (Å²) >= 11 is 13.5. The topological polar surface area (TPSA) is 82.1 Å². The Morgan fingerprint density at radius 1 is 1.30 bits per heavy atom. The van der Waals surface area contributed by atoms with Crippen LogP contribution in [0.5, 0.6) is 0 Å². The zero-order valence-electron chi connectivity index (χ0n) is 16.7. The van der Waals surface area contributed by atoms with E-state index in [0.29, 0.717) is 26.7 Å². The molecule has 3 fully saturated rings. The van der Waals surface area contributed by atoms with Crippen LogP contribution in [0.3, 0.4) is 0 Å². The molecule has 10 heteroatoms. The second kappa shape index (κ2) is 8.05. The molecular formula is C20H22Cl2N4O3S. The molecule has 7 nitrogen and oxygen atoms in total. The maximum atomic E-state index is 13.2. The fourth-order valence-corrected chi connectivity index (χ4v) is 5.42. The van der Waals surface area contributed by atoms with Crippen LogP contribution in [0, 0.1) is 5.92 Å². The number of nitrogens with one attached hydrogen (secondary N) is 1. The Kier molecular flexibility index (Phi) is 5.76. The van der Waals surface area contributed by atoms with Gasteiger partial charge in [-0.1, -0.05) is 41.9 Å². The van der Waals surface area contributed by atoms with Crippen LogP contribution < -0.4 is 5.32 Å². The van der Waals surface area contributed by atoms with Gasteiger partial charge in [0.1, 0.15) is 12.1 Å². The molecular weight excluding hydrogens is 447 g/mol. The van der Waals surface area contributed by atoms with E-state index in [4.69, 9.17) is 23.2 Å². The Bertz CT molecular complexity index is 952. The van der Waals surface area contributed by atoms with Crippen molar-refractivity contribution >= 4 is 63.7 Å². The summed E-state index contributed by atoms with van der Waals surface area (Å²) in [7, 11) is 0. The number of carbonyl (C=O) groups excluding carboxylic acids is 3. The van der Waals surface area contributed by atoms with E-state index in [0.717, 1.165) is 24.2 Å². The second-order valence-corrected chi connectivity index (χ2v) is 9.73. The predicted molar refractivity (Wildman–Crippen MR) is 118 cm³/mol. The summed E-state index contributed by atoms with van der Waals surface area (Å²) in [5.74, 6) is 0.189. The number of halogens is 2.